The summed E-state index contributed by atoms with van der Waals surface area (Å²) < 4.78 is 12.8. The first-order chi connectivity index (χ1) is 19.5. The first kappa shape index (κ1) is 27.7. The summed E-state index contributed by atoms with van der Waals surface area (Å²) in [7, 11) is 0. The van der Waals surface area contributed by atoms with Crippen molar-refractivity contribution in [3.63, 3.8) is 0 Å². The van der Waals surface area contributed by atoms with Crippen LogP contribution in [0.5, 0.6) is 0 Å². The number of ether oxygens (including phenoxy) is 2. The molecule has 0 bridgehead atoms. The molecule has 1 amide bonds. The normalized spacial score (nSPS) is 19.2. The monoisotopic (exact) mass is 559 g/mol. The van der Waals surface area contributed by atoms with Crippen molar-refractivity contribution in [2.75, 3.05) is 19.8 Å². The molecular formula is C31H33N3O5S. The Morgan fingerprint density at radius 1 is 1.20 bits per heavy atom. The topological polar surface area (TPSA) is 102 Å². The summed E-state index contributed by atoms with van der Waals surface area (Å²) in [5, 5.41) is 15.5. The number of nitrogens with one attached hydrogen (secondary N) is 1. The van der Waals surface area contributed by atoms with Crippen molar-refractivity contribution in [3.8, 4) is 0 Å². The first-order valence-corrected chi connectivity index (χ1v) is 14.4. The molecule has 2 aromatic carbocycles. The minimum absolute atomic E-state index is 0.0495. The minimum atomic E-state index is -0.621. The van der Waals surface area contributed by atoms with Crippen LogP contribution in [0.3, 0.4) is 0 Å². The Morgan fingerprint density at radius 2 is 2.02 bits per heavy atom. The molecule has 8 nitrogen and oxygen atoms in total. The van der Waals surface area contributed by atoms with Crippen LogP contribution in [0.25, 0.3) is 17.0 Å². The van der Waals surface area contributed by atoms with Gasteiger partial charge in [0.15, 0.2) is 0 Å². The second-order valence-corrected chi connectivity index (χ2v) is 10.7. The number of hydrogen-bond acceptors (Lipinski definition) is 7. The zero-order chi connectivity index (χ0) is 28.1. The highest BCUT2D eigenvalue weighted by Crippen LogP contribution is 2.41. The lowest BCUT2D eigenvalue weighted by Crippen LogP contribution is -2.34. The van der Waals surface area contributed by atoms with Crippen molar-refractivity contribution < 1.29 is 24.2 Å². The van der Waals surface area contributed by atoms with Gasteiger partial charge < -0.3 is 24.5 Å². The third-order valence-corrected chi connectivity index (χ3v) is 7.92. The lowest BCUT2D eigenvalue weighted by Gasteiger charge is -2.12. The molecule has 40 heavy (non-hydrogen) atoms. The van der Waals surface area contributed by atoms with E-state index in [-0.39, 0.29) is 36.5 Å². The molecule has 1 atom stereocenters. The minimum Gasteiger partial charge on any atom is -0.506 e. The summed E-state index contributed by atoms with van der Waals surface area (Å²) in [5.41, 5.74) is 3.63. The smallest absolute Gasteiger partial charge is 0.344 e. The number of nitrogens with zero attached hydrogens (tertiary/aromatic N) is 2. The molecule has 2 aliphatic rings. The summed E-state index contributed by atoms with van der Waals surface area (Å²) in [4.78, 5) is 30.8. The molecule has 2 N–H and O–H groups in total. The number of amides is 1. The zero-order valence-electron chi connectivity index (χ0n) is 22.7. The predicted molar refractivity (Wildman–Crippen MR) is 159 cm³/mol. The van der Waals surface area contributed by atoms with Crippen LogP contribution in [0.1, 0.15) is 37.8 Å². The van der Waals surface area contributed by atoms with E-state index in [1.165, 1.54) is 11.8 Å². The van der Waals surface area contributed by atoms with Crippen LogP contribution in [-0.2, 0) is 32.0 Å². The van der Waals surface area contributed by atoms with E-state index in [0.717, 1.165) is 47.9 Å². The maximum atomic E-state index is 12.9. The number of carbonyl (C=O) groups excluding carboxylic acids is 2. The fourth-order valence-electron chi connectivity index (χ4n) is 4.99. The van der Waals surface area contributed by atoms with Gasteiger partial charge in [0.2, 0.25) is 5.91 Å². The number of para-hydroxylation sites is 2. The molecule has 0 radical (unpaired) electrons. The van der Waals surface area contributed by atoms with Crippen molar-refractivity contribution >= 4 is 51.3 Å². The number of fused-ring (bicyclic) bond motifs is 1. The summed E-state index contributed by atoms with van der Waals surface area (Å²) in [6.07, 6.45) is 6.63. The molecule has 9 heteroatoms. The molecule has 0 spiro atoms. The maximum absolute atomic E-state index is 12.9. The number of aryl methyl sites for hydroxylation is 1. The molecule has 0 aliphatic carbocycles. The van der Waals surface area contributed by atoms with Crippen LogP contribution < -0.4 is 5.32 Å². The third kappa shape index (κ3) is 6.00. The standard InChI is InChI=1S/C31H33N3O5S/c1-3-20-10-8-14-24-21(18-34(28(20)24)19-26(35)32-17-23-13-9-15-39-23)16-25-29(36)27(31(37)38-4-2)30(40-25)33-22-11-6-5-7-12-22/h5-8,10-12,14,16,18,23,36H,3-4,9,13,15,17,19H2,1-2H3,(H,32,35)/b25-16-,33-30?/t23-/m1/s1. The average molecular weight is 560 g/mol. The maximum Gasteiger partial charge on any atom is 0.344 e. The van der Waals surface area contributed by atoms with Gasteiger partial charge in [0.05, 0.1) is 28.8 Å². The van der Waals surface area contributed by atoms with Crippen molar-refractivity contribution in [2.45, 2.75) is 45.8 Å². The zero-order valence-corrected chi connectivity index (χ0v) is 23.5. The van der Waals surface area contributed by atoms with Gasteiger partial charge in [-0.3, -0.25) is 4.79 Å². The van der Waals surface area contributed by atoms with E-state index in [2.05, 4.69) is 23.3 Å². The second kappa shape index (κ2) is 12.6. The Bertz CT molecular complexity index is 1500. The van der Waals surface area contributed by atoms with Crippen LogP contribution in [0.15, 0.2) is 76.0 Å². The summed E-state index contributed by atoms with van der Waals surface area (Å²) >= 11 is 1.22. The molecular weight excluding hydrogens is 526 g/mol. The fourth-order valence-corrected chi connectivity index (χ4v) is 6.01. The summed E-state index contributed by atoms with van der Waals surface area (Å²) in [6.45, 7) is 5.40. The van der Waals surface area contributed by atoms with Crippen molar-refractivity contribution in [1.29, 1.82) is 0 Å². The second-order valence-electron chi connectivity index (χ2n) is 9.63. The van der Waals surface area contributed by atoms with E-state index in [1.54, 1.807) is 6.92 Å². The van der Waals surface area contributed by atoms with E-state index >= 15 is 0 Å². The molecule has 1 saturated heterocycles. The SMILES string of the molecule is CCOC(=O)C1=C(O)/C(=C/c2cn(CC(=O)NC[C@H]3CCCO3)c3c(CC)cccc23)SC1=Nc1ccccc1. The van der Waals surface area contributed by atoms with E-state index < -0.39 is 5.97 Å². The van der Waals surface area contributed by atoms with E-state index in [1.807, 2.05) is 59.3 Å². The molecule has 0 saturated carbocycles. The lowest BCUT2D eigenvalue weighted by atomic mass is 10.1. The molecule has 208 valence electrons. The molecule has 3 heterocycles. The quantitative estimate of drug-likeness (QED) is 0.327. The largest absolute Gasteiger partial charge is 0.506 e. The third-order valence-electron chi connectivity index (χ3n) is 6.90. The predicted octanol–water partition coefficient (Wildman–Crippen LogP) is 5.69. The van der Waals surface area contributed by atoms with Gasteiger partial charge >= 0.3 is 5.97 Å². The summed E-state index contributed by atoms with van der Waals surface area (Å²) in [6, 6.07) is 15.3. The number of thioether (sulfide) groups is 1. The van der Waals surface area contributed by atoms with Crippen molar-refractivity contribution in [2.24, 2.45) is 4.99 Å². The van der Waals surface area contributed by atoms with Crippen molar-refractivity contribution in [1.82, 2.24) is 9.88 Å². The van der Waals surface area contributed by atoms with Gasteiger partial charge in [-0.05, 0) is 50.0 Å². The number of aliphatic hydroxyl groups is 1. The molecule has 2 aliphatic heterocycles. The highest BCUT2D eigenvalue weighted by atomic mass is 32.2. The average Bonchev–Trinajstić information content (AvgIpc) is 3.67. The molecule has 0 unspecified atom stereocenters. The molecule has 3 aromatic rings. The number of benzene rings is 2. The van der Waals surface area contributed by atoms with Gasteiger partial charge in [-0.2, -0.15) is 0 Å². The van der Waals surface area contributed by atoms with Gasteiger partial charge in [-0.25, -0.2) is 9.79 Å². The highest BCUT2D eigenvalue weighted by Gasteiger charge is 2.33. The van der Waals surface area contributed by atoms with Gasteiger partial charge in [0.1, 0.15) is 22.9 Å². The Labute approximate surface area is 237 Å². The van der Waals surface area contributed by atoms with Crippen LogP contribution in [0.2, 0.25) is 0 Å². The number of rotatable bonds is 9. The Hall–Kier alpha value is -3.82. The van der Waals surface area contributed by atoms with Crippen LogP contribution in [0.4, 0.5) is 5.69 Å². The Morgan fingerprint density at radius 3 is 2.75 bits per heavy atom. The van der Waals surface area contributed by atoms with Gasteiger partial charge in [0, 0.05) is 30.3 Å². The lowest BCUT2D eigenvalue weighted by molar-refractivity contribution is -0.138. The van der Waals surface area contributed by atoms with Gasteiger partial charge in [0.25, 0.3) is 0 Å². The highest BCUT2D eigenvalue weighted by molar-refractivity contribution is 8.18. The van der Waals surface area contributed by atoms with Gasteiger partial charge in [-0.15, -0.1) is 0 Å². The van der Waals surface area contributed by atoms with Crippen LogP contribution in [-0.4, -0.2) is 52.5 Å². The Kier molecular flexibility index (Phi) is 8.72. The molecule has 5 rings (SSSR count). The van der Waals surface area contributed by atoms with Gasteiger partial charge in [-0.1, -0.05) is 55.1 Å². The van der Waals surface area contributed by atoms with Crippen LogP contribution in [0, 0.1) is 0 Å². The number of aliphatic imine (C=N–C) groups is 1. The Balaban J connectivity index is 1.50. The van der Waals surface area contributed by atoms with E-state index in [4.69, 9.17) is 9.47 Å². The fraction of sp³-hybridized carbons (Fsp3) is 0.323. The molecule has 1 fully saturated rings. The number of esters is 1. The number of aromatic nitrogens is 1. The number of carbonyl (C=O) groups is 2. The number of aliphatic hydroxyl groups excluding tert-OH is 1. The van der Waals surface area contributed by atoms with Crippen LogP contribution >= 0.6 is 11.8 Å². The first-order valence-electron chi connectivity index (χ1n) is 13.6. The van der Waals surface area contributed by atoms with E-state index in [9.17, 15) is 14.7 Å². The van der Waals surface area contributed by atoms with E-state index in [0.29, 0.717) is 22.2 Å². The summed E-state index contributed by atoms with van der Waals surface area (Å²) in [5.74, 6) is -0.874. The molecule has 1 aromatic heterocycles. The number of hydrogen-bond donors (Lipinski definition) is 2. The van der Waals surface area contributed by atoms with Crippen molar-refractivity contribution in [3.05, 3.63) is 82.1 Å².